The number of carbonyl (C=O) groups excluding carboxylic acids is 3. The predicted molar refractivity (Wildman–Crippen MR) is 135 cm³/mol. The van der Waals surface area contributed by atoms with Crippen LogP contribution in [0.5, 0.6) is 0 Å². The quantitative estimate of drug-likeness (QED) is 0.623. The second-order valence-electron chi connectivity index (χ2n) is 9.96. The zero-order valence-corrected chi connectivity index (χ0v) is 20.7. The van der Waals surface area contributed by atoms with Crippen LogP contribution in [0, 0.1) is 0 Å². The highest BCUT2D eigenvalue weighted by Gasteiger charge is 2.54. The Morgan fingerprint density at radius 1 is 1.05 bits per heavy atom. The molecule has 0 aromatic heterocycles. The molecule has 200 valence electrons. The number of halogens is 3. The lowest BCUT2D eigenvalue weighted by molar-refractivity contribution is -0.145. The topological polar surface area (TPSA) is 99.3 Å². The molecule has 0 aliphatic carbocycles. The van der Waals surface area contributed by atoms with Crippen LogP contribution in [0.3, 0.4) is 0 Å². The fourth-order valence-electron chi connectivity index (χ4n) is 5.52. The highest BCUT2D eigenvalue weighted by Crippen LogP contribution is 2.40. The zero-order valence-electron chi connectivity index (χ0n) is 20.7. The van der Waals surface area contributed by atoms with Crippen molar-refractivity contribution in [2.24, 2.45) is 10.7 Å². The van der Waals surface area contributed by atoms with Crippen molar-refractivity contribution in [1.82, 2.24) is 9.80 Å². The molecular weight excluding hydrogens is 499 g/mol. The largest absolute Gasteiger partial charge is 0.389 e. The number of hydrogen-bond donors (Lipinski definition) is 1. The summed E-state index contributed by atoms with van der Waals surface area (Å²) in [6, 6.07) is 14.6. The van der Waals surface area contributed by atoms with E-state index in [2.05, 4.69) is 4.99 Å². The number of Topliss-reactive ketones (excluding diaryl/α,β-unsaturated/α-hetero) is 1. The van der Waals surface area contributed by atoms with Crippen molar-refractivity contribution in [3.05, 3.63) is 65.2 Å². The molecule has 2 N–H and O–H groups in total. The normalized spacial score (nSPS) is 18.7. The van der Waals surface area contributed by atoms with Crippen molar-refractivity contribution in [2.75, 3.05) is 31.2 Å². The number of hydrogen-bond acceptors (Lipinski definition) is 6. The molecule has 0 saturated carbocycles. The molecule has 0 bridgehead atoms. The Balaban J connectivity index is 1.32. The van der Waals surface area contributed by atoms with E-state index in [1.165, 1.54) is 4.90 Å². The van der Waals surface area contributed by atoms with Gasteiger partial charge in [-0.25, -0.2) is 0 Å². The number of piperidine rings is 1. The summed E-state index contributed by atoms with van der Waals surface area (Å²) in [6.45, 7) is 0.798. The number of carbonyl (C=O) groups is 3. The Labute approximate surface area is 217 Å². The van der Waals surface area contributed by atoms with Crippen LogP contribution in [-0.4, -0.2) is 71.3 Å². The SMILES string of the molecule is NC1=NCc2cc(C(=O)N3CCC4(CC3)C(=O)N(CC(=O)CCC(F)(F)F)CN4c3ccccc3)ccc21. The average molecular weight is 528 g/mol. The molecule has 3 aliphatic heterocycles. The Kier molecular flexibility index (Phi) is 6.62. The number of rotatable bonds is 6. The molecule has 2 aromatic rings. The fraction of sp³-hybridized carbons (Fsp3) is 0.407. The monoisotopic (exact) mass is 527 g/mol. The van der Waals surface area contributed by atoms with Gasteiger partial charge in [-0.15, -0.1) is 0 Å². The molecule has 3 heterocycles. The van der Waals surface area contributed by atoms with E-state index in [1.54, 1.807) is 23.1 Å². The van der Waals surface area contributed by atoms with Crippen molar-refractivity contribution in [1.29, 1.82) is 0 Å². The Morgan fingerprint density at radius 2 is 1.76 bits per heavy atom. The molecule has 0 atom stereocenters. The standard InChI is InChI=1S/C27H28F3N5O3/c28-27(29,30)9-8-21(36)16-34-17-35(20-4-2-1-3-5-20)26(25(34)38)10-12-33(13-11-26)24(37)18-6-7-22-19(14-18)15-32-23(22)31/h1-7,14H,8-13,15-17H2,(H2,31,32). The second-order valence-corrected chi connectivity index (χ2v) is 9.96. The van der Waals surface area contributed by atoms with Crippen LogP contribution in [0.1, 0.15) is 47.2 Å². The van der Waals surface area contributed by atoms with Crippen LogP contribution < -0.4 is 10.6 Å². The maximum Gasteiger partial charge on any atom is 0.389 e. The number of aliphatic imine (C=N–C) groups is 1. The predicted octanol–water partition coefficient (Wildman–Crippen LogP) is 3.10. The van der Waals surface area contributed by atoms with Crippen LogP contribution in [0.25, 0.3) is 0 Å². The molecule has 2 aromatic carbocycles. The molecule has 2 fully saturated rings. The number of ketones is 1. The van der Waals surface area contributed by atoms with E-state index in [9.17, 15) is 27.6 Å². The van der Waals surface area contributed by atoms with Gasteiger partial charge < -0.3 is 20.4 Å². The van der Waals surface area contributed by atoms with E-state index in [0.29, 0.717) is 43.9 Å². The highest BCUT2D eigenvalue weighted by molar-refractivity contribution is 6.03. The Morgan fingerprint density at radius 3 is 2.45 bits per heavy atom. The molecule has 2 amide bonds. The number of likely N-dealkylation sites (tertiary alicyclic amines) is 1. The van der Waals surface area contributed by atoms with Gasteiger partial charge in [-0.3, -0.25) is 19.4 Å². The molecule has 0 radical (unpaired) electrons. The Bertz CT molecular complexity index is 1290. The maximum atomic E-state index is 13.7. The van der Waals surface area contributed by atoms with Gasteiger partial charge in [-0.2, -0.15) is 13.2 Å². The van der Waals surface area contributed by atoms with Gasteiger partial charge in [-0.05, 0) is 42.7 Å². The summed E-state index contributed by atoms with van der Waals surface area (Å²) in [5.74, 6) is -0.612. The first-order chi connectivity index (χ1) is 18.1. The Hall–Kier alpha value is -3.89. The first-order valence-electron chi connectivity index (χ1n) is 12.5. The van der Waals surface area contributed by atoms with Crippen molar-refractivity contribution < 1.29 is 27.6 Å². The summed E-state index contributed by atoms with van der Waals surface area (Å²) in [5, 5.41) is 0. The minimum atomic E-state index is -4.43. The number of nitrogens with zero attached hydrogens (tertiary/aromatic N) is 4. The van der Waals surface area contributed by atoms with E-state index in [4.69, 9.17) is 5.73 Å². The molecule has 2 saturated heterocycles. The van der Waals surface area contributed by atoms with Gasteiger partial charge in [0.15, 0.2) is 5.78 Å². The third-order valence-corrected chi connectivity index (χ3v) is 7.56. The number of amides is 2. The van der Waals surface area contributed by atoms with Gasteiger partial charge >= 0.3 is 6.18 Å². The van der Waals surface area contributed by atoms with Crippen LogP contribution in [0.15, 0.2) is 53.5 Å². The molecule has 5 rings (SSSR count). The lowest BCUT2D eigenvalue weighted by atomic mass is 9.85. The van der Waals surface area contributed by atoms with Crippen LogP contribution in [0.2, 0.25) is 0 Å². The van der Waals surface area contributed by atoms with E-state index in [0.717, 1.165) is 16.8 Å². The molecular formula is C27H28F3N5O3. The summed E-state index contributed by atoms with van der Waals surface area (Å²) in [5.41, 5.74) is 7.93. The summed E-state index contributed by atoms with van der Waals surface area (Å²) in [4.78, 5) is 48.5. The van der Waals surface area contributed by atoms with Crippen molar-refractivity contribution >= 4 is 29.1 Å². The number of fused-ring (bicyclic) bond motifs is 1. The fourth-order valence-corrected chi connectivity index (χ4v) is 5.52. The average Bonchev–Trinajstić information content (AvgIpc) is 3.40. The van der Waals surface area contributed by atoms with Crippen molar-refractivity contribution in [3.8, 4) is 0 Å². The van der Waals surface area contributed by atoms with Gasteiger partial charge in [0.05, 0.1) is 26.2 Å². The molecule has 1 spiro atoms. The number of amidine groups is 1. The number of para-hydroxylation sites is 1. The van der Waals surface area contributed by atoms with E-state index >= 15 is 0 Å². The number of anilines is 1. The summed E-state index contributed by atoms with van der Waals surface area (Å²) in [7, 11) is 0. The van der Waals surface area contributed by atoms with E-state index in [1.807, 2.05) is 35.2 Å². The molecule has 8 nitrogen and oxygen atoms in total. The third kappa shape index (κ3) is 4.84. The lowest BCUT2D eigenvalue weighted by Gasteiger charge is -2.43. The van der Waals surface area contributed by atoms with Crippen molar-refractivity contribution in [2.45, 2.75) is 43.9 Å². The third-order valence-electron chi connectivity index (χ3n) is 7.56. The molecule has 0 unspecified atom stereocenters. The van der Waals surface area contributed by atoms with Gasteiger partial charge in [0, 0.05) is 36.3 Å². The lowest BCUT2D eigenvalue weighted by Crippen LogP contribution is -2.57. The first kappa shape index (κ1) is 25.7. The van der Waals surface area contributed by atoms with Crippen LogP contribution in [-0.2, 0) is 16.1 Å². The van der Waals surface area contributed by atoms with E-state index < -0.39 is 30.3 Å². The second kappa shape index (κ2) is 9.77. The molecule has 11 heteroatoms. The van der Waals surface area contributed by atoms with Gasteiger partial charge in [0.1, 0.15) is 11.4 Å². The van der Waals surface area contributed by atoms with Gasteiger partial charge in [0.25, 0.3) is 5.91 Å². The first-order valence-corrected chi connectivity index (χ1v) is 12.5. The van der Waals surface area contributed by atoms with E-state index in [-0.39, 0.29) is 25.0 Å². The summed E-state index contributed by atoms with van der Waals surface area (Å²) in [6.07, 6.45) is -5.63. The number of alkyl halides is 3. The molecule has 3 aliphatic rings. The number of nitrogens with two attached hydrogens (primary N) is 1. The van der Waals surface area contributed by atoms with Crippen LogP contribution >= 0.6 is 0 Å². The summed E-state index contributed by atoms with van der Waals surface area (Å²) >= 11 is 0. The van der Waals surface area contributed by atoms with Crippen molar-refractivity contribution in [3.63, 3.8) is 0 Å². The highest BCUT2D eigenvalue weighted by atomic mass is 19.4. The smallest absolute Gasteiger partial charge is 0.383 e. The summed E-state index contributed by atoms with van der Waals surface area (Å²) < 4.78 is 37.8. The maximum absolute atomic E-state index is 13.7. The minimum absolute atomic E-state index is 0.0980. The molecule has 38 heavy (non-hydrogen) atoms. The number of benzene rings is 2. The zero-order chi connectivity index (χ0) is 27.1. The van der Waals surface area contributed by atoms with Gasteiger partial charge in [0.2, 0.25) is 5.91 Å². The minimum Gasteiger partial charge on any atom is -0.383 e. The van der Waals surface area contributed by atoms with Gasteiger partial charge in [-0.1, -0.05) is 24.3 Å². The van der Waals surface area contributed by atoms with Crippen LogP contribution in [0.4, 0.5) is 18.9 Å².